The van der Waals surface area contributed by atoms with Crippen LogP contribution < -0.4 is 21.1 Å². The molecule has 166 valence electrons. The van der Waals surface area contributed by atoms with Gasteiger partial charge in [0.15, 0.2) is 5.78 Å². The number of benzene rings is 1. The highest BCUT2D eigenvalue weighted by atomic mass is 19.1. The minimum atomic E-state index is -0.461. The van der Waals surface area contributed by atoms with E-state index in [9.17, 15) is 9.18 Å². The second-order valence-corrected chi connectivity index (χ2v) is 7.93. The number of halogens is 1. The second-order valence-electron chi connectivity index (χ2n) is 7.93. The third kappa shape index (κ3) is 4.55. The lowest BCUT2D eigenvalue weighted by Gasteiger charge is -2.33. The Morgan fingerprint density at radius 1 is 1.28 bits per heavy atom. The summed E-state index contributed by atoms with van der Waals surface area (Å²) in [5.74, 6) is -0.228. The third-order valence-electron chi connectivity index (χ3n) is 5.67. The zero-order valence-corrected chi connectivity index (χ0v) is 17.9. The number of nitrogens with two attached hydrogens (primary N) is 2. The number of ether oxygens (including phenoxy) is 1. The maximum Gasteiger partial charge on any atom is 0.187 e. The Morgan fingerprint density at radius 3 is 2.91 bits per heavy atom. The maximum atomic E-state index is 14.4. The SMILES string of the molecule is COc1ccc(F)c(-c2ccc(N)c(C(=O)Cc3cnccc3N3CCC[C@H](N)C3)n2)c1. The van der Waals surface area contributed by atoms with E-state index < -0.39 is 5.82 Å². The van der Waals surface area contributed by atoms with Crippen molar-refractivity contribution in [1.82, 2.24) is 9.97 Å². The van der Waals surface area contributed by atoms with Gasteiger partial charge in [-0.3, -0.25) is 9.78 Å². The maximum absolute atomic E-state index is 14.4. The smallest absolute Gasteiger partial charge is 0.187 e. The molecule has 0 saturated carbocycles. The zero-order chi connectivity index (χ0) is 22.7. The van der Waals surface area contributed by atoms with Gasteiger partial charge in [0.1, 0.15) is 17.3 Å². The number of nitrogens with zero attached hydrogens (tertiary/aromatic N) is 3. The number of ketones is 1. The Bertz CT molecular complexity index is 1140. The van der Waals surface area contributed by atoms with Gasteiger partial charge in [-0.2, -0.15) is 0 Å². The van der Waals surface area contributed by atoms with Crippen LogP contribution in [0.1, 0.15) is 28.9 Å². The molecule has 0 amide bonds. The van der Waals surface area contributed by atoms with Gasteiger partial charge in [-0.1, -0.05) is 0 Å². The van der Waals surface area contributed by atoms with Gasteiger partial charge in [0.25, 0.3) is 0 Å². The fourth-order valence-corrected chi connectivity index (χ4v) is 4.02. The topological polar surface area (TPSA) is 107 Å². The van der Waals surface area contributed by atoms with Crippen LogP contribution in [0.25, 0.3) is 11.3 Å². The van der Waals surface area contributed by atoms with Gasteiger partial charge in [-0.05, 0) is 49.2 Å². The van der Waals surface area contributed by atoms with Gasteiger partial charge in [0.2, 0.25) is 0 Å². The summed E-state index contributed by atoms with van der Waals surface area (Å²) < 4.78 is 19.6. The Labute approximate surface area is 186 Å². The average molecular weight is 436 g/mol. The van der Waals surface area contributed by atoms with Crippen molar-refractivity contribution < 1.29 is 13.9 Å². The van der Waals surface area contributed by atoms with Gasteiger partial charge in [0, 0.05) is 54.8 Å². The fraction of sp³-hybridized carbons (Fsp3) is 0.292. The van der Waals surface area contributed by atoms with Crippen LogP contribution in [0.3, 0.4) is 0 Å². The molecule has 1 saturated heterocycles. The van der Waals surface area contributed by atoms with Gasteiger partial charge >= 0.3 is 0 Å². The summed E-state index contributed by atoms with van der Waals surface area (Å²) in [7, 11) is 1.50. The van der Waals surface area contributed by atoms with Crippen LogP contribution in [0, 0.1) is 5.82 Å². The van der Waals surface area contributed by atoms with Crippen LogP contribution >= 0.6 is 0 Å². The molecule has 1 aliphatic rings. The molecule has 4 N–H and O–H groups in total. The number of hydrogen-bond donors (Lipinski definition) is 2. The van der Waals surface area contributed by atoms with Gasteiger partial charge in [-0.25, -0.2) is 9.37 Å². The van der Waals surface area contributed by atoms with E-state index in [-0.39, 0.29) is 35.2 Å². The first-order valence-corrected chi connectivity index (χ1v) is 10.5. The van der Waals surface area contributed by atoms with E-state index >= 15 is 0 Å². The van der Waals surface area contributed by atoms with E-state index in [1.807, 2.05) is 6.07 Å². The van der Waals surface area contributed by atoms with Crippen LogP contribution in [0.15, 0.2) is 48.8 Å². The van der Waals surface area contributed by atoms with E-state index in [4.69, 9.17) is 16.2 Å². The number of anilines is 2. The highest BCUT2D eigenvalue weighted by Gasteiger charge is 2.22. The van der Waals surface area contributed by atoms with Crippen molar-refractivity contribution >= 4 is 17.2 Å². The van der Waals surface area contributed by atoms with E-state index in [1.54, 1.807) is 30.6 Å². The molecule has 0 bridgehead atoms. The summed E-state index contributed by atoms with van der Waals surface area (Å²) in [6.07, 6.45) is 5.47. The van der Waals surface area contributed by atoms with Crippen LogP contribution in [0.5, 0.6) is 5.75 Å². The average Bonchev–Trinajstić information content (AvgIpc) is 2.80. The number of rotatable bonds is 6. The van der Waals surface area contributed by atoms with Crippen LogP contribution in [0.4, 0.5) is 15.8 Å². The molecule has 8 heteroatoms. The molecule has 1 atom stereocenters. The summed E-state index contributed by atoms with van der Waals surface area (Å²) >= 11 is 0. The number of Topliss-reactive ketones (excluding diaryl/α,β-unsaturated/α-hetero) is 1. The van der Waals surface area contributed by atoms with E-state index in [0.29, 0.717) is 11.4 Å². The Morgan fingerprint density at radius 2 is 2.12 bits per heavy atom. The number of carbonyl (C=O) groups excluding carboxylic acids is 1. The first-order valence-electron chi connectivity index (χ1n) is 10.5. The molecular formula is C24H26FN5O2. The minimum Gasteiger partial charge on any atom is -0.497 e. The Kier molecular flexibility index (Phi) is 6.32. The molecule has 1 aliphatic heterocycles. The van der Waals surface area contributed by atoms with Gasteiger partial charge in [0.05, 0.1) is 18.5 Å². The number of hydrogen-bond acceptors (Lipinski definition) is 7. The molecule has 0 aliphatic carbocycles. The van der Waals surface area contributed by atoms with E-state index in [1.165, 1.54) is 19.2 Å². The first-order chi connectivity index (χ1) is 15.5. The summed E-state index contributed by atoms with van der Waals surface area (Å²) in [6, 6.07) is 9.54. The minimum absolute atomic E-state index is 0.0795. The monoisotopic (exact) mass is 435 g/mol. The van der Waals surface area contributed by atoms with Crippen molar-refractivity contribution in [3.05, 3.63) is 65.9 Å². The molecule has 4 rings (SSSR count). The van der Waals surface area contributed by atoms with Crippen molar-refractivity contribution in [3.8, 4) is 17.0 Å². The molecular weight excluding hydrogens is 409 g/mol. The highest BCUT2D eigenvalue weighted by molar-refractivity contribution is 6.01. The van der Waals surface area contributed by atoms with E-state index in [2.05, 4.69) is 14.9 Å². The molecule has 0 spiro atoms. The normalized spacial score (nSPS) is 16.1. The Hall–Kier alpha value is -3.52. The predicted octanol–water partition coefficient (Wildman–Crippen LogP) is 3.23. The summed E-state index contributed by atoms with van der Waals surface area (Å²) in [5, 5.41) is 0. The number of aromatic nitrogens is 2. The first kappa shape index (κ1) is 21.7. The largest absolute Gasteiger partial charge is 0.497 e. The number of nitrogen functional groups attached to an aromatic ring is 1. The predicted molar refractivity (Wildman–Crippen MR) is 122 cm³/mol. The van der Waals surface area contributed by atoms with Crippen LogP contribution in [0.2, 0.25) is 0 Å². The summed E-state index contributed by atoms with van der Waals surface area (Å²) in [5.41, 5.74) is 14.8. The van der Waals surface area contributed by atoms with E-state index in [0.717, 1.165) is 37.2 Å². The van der Waals surface area contributed by atoms with Crippen LogP contribution in [-0.2, 0) is 6.42 Å². The third-order valence-corrected chi connectivity index (χ3v) is 5.67. The second kappa shape index (κ2) is 9.32. The molecule has 0 radical (unpaired) electrons. The van der Waals surface area contributed by atoms with Crippen molar-refractivity contribution in [2.24, 2.45) is 5.73 Å². The zero-order valence-electron chi connectivity index (χ0n) is 17.9. The number of methoxy groups -OCH3 is 1. The number of pyridine rings is 2. The molecule has 32 heavy (non-hydrogen) atoms. The number of carbonyl (C=O) groups is 1. The molecule has 7 nitrogen and oxygen atoms in total. The molecule has 3 aromatic rings. The highest BCUT2D eigenvalue weighted by Crippen LogP contribution is 2.29. The van der Waals surface area contributed by atoms with Crippen molar-refractivity contribution in [2.75, 3.05) is 30.8 Å². The van der Waals surface area contributed by atoms with Crippen LogP contribution in [-0.4, -0.2) is 42.0 Å². The van der Waals surface area contributed by atoms with Crippen molar-refractivity contribution in [3.63, 3.8) is 0 Å². The molecule has 3 heterocycles. The van der Waals surface area contributed by atoms with Gasteiger partial charge < -0.3 is 21.1 Å². The van der Waals surface area contributed by atoms with Crippen molar-refractivity contribution in [1.29, 1.82) is 0 Å². The fourth-order valence-electron chi connectivity index (χ4n) is 4.02. The summed E-state index contributed by atoms with van der Waals surface area (Å²) in [4.78, 5) is 24.0. The quantitative estimate of drug-likeness (QED) is 0.573. The molecule has 0 unspecified atom stereocenters. The van der Waals surface area contributed by atoms with Gasteiger partial charge in [-0.15, -0.1) is 0 Å². The molecule has 1 aromatic carbocycles. The lowest BCUT2D eigenvalue weighted by atomic mass is 10.0. The lowest BCUT2D eigenvalue weighted by Crippen LogP contribution is -2.43. The summed E-state index contributed by atoms with van der Waals surface area (Å²) in [6.45, 7) is 1.61. The molecule has 1 fully saturated rings. The standard InChI is InChI=1S/C24H26FN5O2/c1-32-17-4-5-19(25)18(12-17)21-7-6-20(27)24(29-21)23(31)11-15-13-28-9-8-22(15)30-10-2-3-16(26)14-30/h4-9,12-13,16H,2-3,10-11,14,26-27H2,1H3/t16-/m0/s1. The lowest BCUT2D eigenvalue weighted by molar-refractivity contribution is 0.0989. The van der Waals surface area contributed by atoms with Crippen molar-refractivity contribution in [2.45, 2.75) is 25.3 Å². The Balaban J connectivity index is 1.63. The number of piperidine rings is 1. The molecule has 2 aromatic heterocycles.